The second kappa shape index (κ2) is 4.28. The summed E-state index contributed by atoms with van der Waals surface area (Å²) in [4.78, 5) is 15.1. The van der Waals surface area contributed by atoms with Crippen LogP contribution in [0.1, 0.15) is 11.6 Å². The van der Waals surface area contributed by atoms with Gasteiger partial charge in [-0.05, 0) is 12.4 Å². The van der Waals surface area contributed by atoms with Gasteiger partial charge in [-0.3, -0.25) is 9.78 Å². The molecule has 0 amide bonds. The van der Waals surface area contributed by atoms with Crippen molar-refractivity contribution < 1.29 is 9.90 Å². The number of carboxylic acid groups (broad SMARTS) is 1. The largest absolute Gasteiger partial charge is 0.480 e. The van der Waals surface area contributed by atoms with E-state index in [1.165, 1.54) is 0 Å². The first-order valence-electron chi connectivity index (χ1n) is 4.96. The Hall–Kier alpha value is -1.94. The number of fused-ring (bicyclic) bond motifs is 1. The SMILES string of the molecule is CNC(C(=O)O)c1cncc2ccccc12. The summed E-state index contributed by atoms with van der Waals surface area (Å²) in [5.41, 5.74) is 0.688. The van der Waals surface area contributed by atoms with E-state index in [1.807, 2.05) is 24.3 Å². The van der Waals surface area contributed by atoms with E-state index in [0.717, 1.165) is 10.8 Å². The molecule has 2 aromatic rings. The maximum Gasteiger partial charge on any atom is 0.325 e. The summed E-state index contributed by atoms with van der Waals surface area (Å²) in [6, 6.07) is 6.89. The lowest BCUT2D eigenvalue weighted by atomic mass is 10.0. The summed E-state index contributed by atoms with van der Waals surface area (Å²) in [6.45, 7) is 0. The number of pyridine rings is 1. The molecule has 2 N–H and O–H groups in total. The van der Waals surface area contributed by atoms with E-state index in [-0.39, 0.29) is 0 Å². The average Bonchev–Trinajstić information content (AvgIpc) is 2.30. The highest BCUT2D eigenvalue weighted by molar-refractivity contribution is 5.89. The number of nitrogens with zero attached hydrogens (tertiary/aromatic N) is 1. The minimum Gasteiger partial charge on any atom is -0.480 e. The Morgan fingerprint density at radius 1 is 1.38 bits per heavy atom. The molecule has 0 bridgehead atoms. The van der Waals surface area contributed by atoms with Gasteiger partial charge in [0.2, 0.25) is 0 Å². The Morgan fingerprint density at radius 3 is 2.81 bits per heavy atom. The number of aliphatic carboxylic acids is 1. The third kappa shape index (κ3) is 1.75. The highest BCUT2D eigenvalue weighted by Gasteiger charge is 2.19. The van der Waals surface area contributed by atoms with Gasteiger partial charge in [-0.1, -0.05) is 24.3 Å². The topological polar surface area (TPSA) is 62.2 Å². The first kappa shape index (κ1) is 10.6. The predicted molar refractivity (Wildman–Crippen MR) is 61.2 cm³/mol. The zero-order chi connectivity index (χ0) is 11.5. The fourth-order valence-corrected chi connectivity index (χ4v) is 1.78. The molecule has 0 aliphatic carbocycles. The second-order valence-electron chi connectivity index (χ2n) is 3.51. The molecule has 0 fully saturated rings. The van der Waals surface area contributed by atoms with Gasteiger partial charge in [0.05, 0.1) is 0 Å². The number of rotatable bonds is 3. The van der Waals surface area contributed by atoms with Crippen LogP contribution in [0.25, 0.3) is 10.8 Å². The zero-order valence-electron chi connectivity index (χ0n) is 8.84. The molecule has 4 nitrogen and oxygen atoms in total. The number of carbonyl (C=O) groups is 1. The molecule has 1 aromatic heterocycles. The van der Waals surface area contributed by atoms with E-state index in [2.05, 4.69) is 10.3 Å². The minimum absolute atomic E-state index is 0.688. The molecule has 1 heterocycles. The number of carboxylic acids is 1. The van der Waals surface area contributed by atoms with Crippen molar-refractivity contribution in [3.05, 3.63) is 42.2 Å². The Balaban J connectivity index is 2.63. The molecule has 1 unspecified atom stereocenters. The summed E-state index contributed by atoms with van der Waals surface area (Å²) in [5, 5.41) is 13.7. The number of likely N-dealkylation sites (N-methyl/N-ethyl adjacent to an activating group) is 1. The first-order chi connectivity index (χ1) is 7.74. The van der Waals surface area contributed by atoms with Crippen molar-refractivity contribution in [3.63, 3.8) is 0 Å². The van der Waals surface area contributed by atoms with E-state index in [4.69, 9.17) is 5.11 Å². The molecule has 2 rings (SSSR count). The molecule has 0 spiro atoms. The van der Waals surface area contributed by atoms with Crippen molar-refractivity contribution in [1.82, 2.24) is 10.3 Å². The van der Waals surface area contributed by atoms with E-state index >= 15 is 0 Å². The quantitative estimate of drug-likeness (QED) is 0.817. The molecular formula is C12H12N2O2. The molecule has 0 aliphatic heterocycles. The first-order valence-corrected chi connectivity index (χ1v) is 4.96. The van der Waals surface area contributed by atoms with Gasteiger partial charge in [0.15, 0.2) is 0 Å². The lowest BCUT2D eigenvalue weighted by Crippen LogP contribution is -2.25. The van der Waals surface area contributed by atoms with Crippen LogP contribution < -0.4 is 5.32 Å². The van der Waals surface area contributed by atoms with E-state index in [0.29, 0.717) is 5.56 Å². The number of hydrogen-bond donors (Lipinski definition) is 2. The smallest absolute Gasteiger partial charge is 0.325 e. The molecule has 1 aromatic carbocycles. The van der Waals surface area contributed by atoms with Crippen LogP contribution >= 0.6 is 0 Å². The number of aromatic nitrogens is 1. The zero-order valence-corrected chi connectivity index (χ0v) is 8.84. The van der Waals surface area contributed by atoms with Crippen molar-refractivity contribution in [2.24, 2.45) is 0 Å². The van der Waals surface area contributed by atoms with Gasteiger partial charge < -0.3 is 10.4 Å². The summed E-state index contributed by atoms with van der Waals surface area (Å²) in [6.07, 6.45) is 3.32. The minimum atomic E-state index is -0.902. The fraction of sp³-hybridized carbons (Fsp3) is 0.167. The molecule has 0 saturated carbocycles. The molecule has 0 radical (unpaired) electrons. The molecule has 1 atom stereocenters. The Morgan fingerprint density at radius 2 is 2.12 bits per heavy atom. The second-order valence-corrected chi connectivity index (χ2v) is 3.51. The fourth-order valence-electron chi connectivity index (χ4n) is 1.78. The molecule has 82 valence electrons. The third-order valence-electron chi connectivity index (χ3n) is 2.55. The molecule has 0 aliphatic rings. The Labute approximate surface area is 92.9 Å². The van der Waals surface area contributed by atoms with Crippen LogP contribution in [0.2, 0.25) is 0 Å². The highest BCUT2D eigenvalue weighted by atomic mass is 16.4. The standard InChI is InChI=1S/C12H12N2O2/c1-13-11(12(15)16)10-7-14-6-8-4-2-3-5-9(8)10/h2-7,11,13H,1H3,(H,15,16). The van der Waals surface area contributed by atoms with Crippen LogP contribution in [-0.4, -0.2) is 23.1 Å². The van der Waals surface area contributed by atoms with Crippen LogP contribution in [0.3, 0.4) is 0 Å². The normalized spacial score (nSPS) is 12.6. The maximum atomic E-state index is 11.1. The molecule has 16 heavy (non-hydrogen) atoms. The van der Waals surface area contributed by atoms with Gasteiger partial charge in [-0.25, -0.2) is 0 Å². The van der Waals surface area contributed by atoms with Crippen molar-refractivity contribution >= 4 is 16.7 Å². The number of nitrogens with one attached hydrogen (secondary N) is 1. The number of benzene rings is 1. The van der Waals surface area contributed by atoms with Gasteiger partial charge in [-0.2, -0.15) is 0 Å². The molecule has 4 heteroatoms. The van der Waals surface area contributed by atoms with Crippen molar-refractivity contribution in [1.29, 1.82) is 0 Å². The van der Waals surface area contributed by atoms with Crippen molar-refractivity contribution in [2.75, 3.05) is 7.05 Å². The van der Waals surface area contributed by atoms with Crippen molar-refractivity contribution in [2.45, 2.75) is 6.04 Å². The summed E-state index contributed by atoms with van der Waals surface area (Å²) < 4.78 is 0. The Kier molecular flexibility index (Phi) is 2.83. The van der Waals surface area contributed by atoms with E-state index < -0.39 is 12.0 Å². The lowest BCUT2D eigenvalue weighted by Gasteiger charge is -2.13. The molecule has 0 saturated heterocycles. The van der Waals surface area contributed by atoms with Crippen LogP contribution in [0, 0.1) is 0 Å². The predicted octanol–water partition coefficient (Wildman–Crippen LogP) is 1.58. The summed E-state index contributed by atoms with van der Waals surface area (Å²) >= 11 is 0. The maximum absolute atomic E-state index is 11.1. The van der Waals surface area contributed by atoms with Gasteiger partial charge in [0.1, 0.15) is 6.04 Å². The third-order valence-corrected chi connectivity index (χ3v) is 2.55. The average molecular weight is 216 g/mol. The number of hydrogen-bond acceptors (Lipinski definition) is 3. The van der Waals surface area contributed by atoms with Crippen LogP contribution in [0.15, 0.2) is 36.7 Å². The van der Waals surface area contributed by atoms with E-state index in [1.54, 1.807) is 19.4 Å². The van der Waals surface area contributed by atoms with Crippen LogP contribution in [-0.2, 0) is 4.79 Å². The van der Waals surface area contributed by atoms with Crippen molar-refractivity contribution in [3.8, 4) is 0 Å². The van der Waals surface area contributed by atoms with Gasteiger partial charge in [-0.15, -0.1) is 0 Å². The Bertz CT molecular complexity index is 520. The lowest BCUT2D eigenvalue weighted by molar-refractivity contribution is -0.139. The highest BCUT2D eigenvalue weighted by Crippen LogP contribution is 2.22. The van der Waals surface area contributed by atoms with E-state index in [9.17, 15) is 4.79 Å². The van der Waals surface area contributed by atoms with Crippen LogP contribution in [0.4, 0.5) is 0 Å². The summed E-state index contributed by atoms with van der Waals surface area (Å²) in [7, 11) is 1.63. The monoisotopic (exact) mass is 216 g/mol. The van der Waals surface area contributed by atoms with Gasteiger partial charge in [0, 0.05) is 23.3 Å². The molecular weight excluding hydrogens is 204 g/mol. The van der Waals surface area contributed by atoms with Gasteiger partial charge >= 0.3 is 5.97 Å². The van der Waals surface area contributed by atoms with Gasteiger partial charge in [0.25, 0.3) is 0 Å². The summed E-state index contributed by atoms with van der Waals surface area (Å²) in [5.74, 6) is -0.902. The van der Waals surface area contributed by atoms with Crippen LogP contribution in [0.5, 0.6) is 0 Å².